The first-order valence-electron chi connectivity index (χ1n) is 11.3. The molecular weight excluding hydrogens is 428 g/mol. The first-order valence-corrected chi connectivity index (χ1v) is 11.3. The van der Waals surface area contributed by atoms with Gasteiger partial charge in [-0.3, -0.25) is 14.4 Å². The Morgan fingerprint density at radius 3 is 2.36 bits per heavy atom. The second-order valence-electron chi connectivity index (χ2n) is 8.87. The molecule has 4 rings (SSSR count). The molecule has 8 heteroatoms. The van der Waals surface area contributed by atoms with Gasteiger partial charge < -0.3 is 15.5 Å². The van der Waals surface area contributed by atoms with E-state index in [9.17, 15) is 23.2 Å². The molecule has 174 valence electrons. The molecule has 2 N–H and O–H groups in total. The predicted octanol–water partition coefficient (Wildman–Crippen LogP) is 4.78. The van der Waals surface area contributed by atoms with Crippen molar-refractivity contribution in [3.8, 4) is 0 Å². The topological polar surface area (TPSA) is 78.5 Å². The number of anilines is 3. The van der Waals surface area contributed by atoms with Crippen molar-refractivity contribution in [1.29, 1.82) is 0 Å². The molecule has 0 radical (unpaired) electrons. The molecule has 1 aliphatic carbocycles. The van der Waals surface area contributed by atoms with Crippen LogP contribution in [0.3, 0.4) is 0 Å². The molecule has 1 aliphatic heterocycles. The van der Waals surface area contributed by atoms with Crippen LogP contribution in [0.15, 0.2) is 36.4 Å². The normalized spacial score (nSPS) is 18.9. The van der Waals surface area contributed by atoms with Gasteiger partial charge in [-0.1, -0.05) is 25.3 Å². The summed E-state index contributed by atoms with van der Waals surface area (Å²) in [6.07, 6.45) is 4.61. The Labute approximate surface area is 191 Å². The molecule has 0 spiro atoms. The zero-order chi connectivity index (χ0) is 23.5. The smallest absolute Gasteiger partial charge is 0.229 e. The number of hydrogen-bond donors (Lipinski definition) is 2. The van der Waals surface area contributed by atoms with Crippen molar-refractivity contribution >= 4 is 34.8 Å². The van der Waals surface area contributed by atoms with Gasteiger partial charge in [0, 0.05) is 24.6 Å². The molecule has 2 aliphatic rings. The lowest BCUT2D eigenvalue weighted by molar-refractivity contribution is -0.122. The number of carbonyl (C=O) groups excluding carboxylic acids is 3. The molecule has 33 heavy (non-hydrogen) atoms. The van der Waals surface area contributed by atoms with Gasteiger partial charge in [0.1, 0.15) is 11.6 Å². The van der Waals surface area contributed by atoms with E-state index in [1.807, 2.05) is 0 Å². The number of carbonyl (C=O) groups is 3. The van der Waals surface area contributed by atoms with Gasteiger partial charge in [0.25, 0.3) is 0 Å². The Morgan fingerprint density at radius 2 is 1.64 bits per heavy atom. The number of hydrogen-bond acceptors (Lipinski definition) is 3. The molecule has 0 aromatic heterocycles. The summed E-state index contributed by atoms with van der Waals surface area (Å²) in [5.74, 6) is -2.88. The predicted molar refractivity (Wildman–Crippen MR) is 122 cm³/mol. The van der Waals surface area contributed by atoms with Crippen molar-refractivity contribution in [2.24, 2.45) is 11.8 Å². The SMILES string of the molecule is Cc1ccc(N2CC(C(=O)Nc3ccc(F)c(NC(=O)C4CCCCC4)c3)CC2=O)c(F)c1. The van der Waals surface area contributed by atoms with Gasteiger partial charge in [0.2, 0.25) is 17.7 Å². The van der Waals surface area contributed by atoms with E-state index in [1.54, 1.807) is 13.0 Å². The van der Waals surface area contributed by atoms with E-state index < -0.39 is 23.5 Å². The first-order chi connectivity index (χ1) is 15.8. The fourth-order valence-corrected chi connectivity index (χ4v) is 4.49. The number of benzene rings is 2. The lowest BCUT2D eigenvalue weighted by Crippen LogP contribution is -2.29. The summed E-state index contributed by atoms with van der Waals surface area (Å²) in [5, 5.41) is 5.33. The van der Waals surface area contributed by atoms with Crippen LogP contribution in [0.5, 0.6) is 0 Å². The number of halogens is 2. The summed E-state index contributed by atoms with van der Waals surface area (Å²) in [4.78, 5) is 39.0. The third kappa shape index (κ3) is 5.21. The van der Waals surface area contributed by atoms with Crippen molar-refractivity contribution in [3.63, 3.8) is 0 Å². The van der Waals surface area contributed by atoms with E-state index in [-0.39, 0.29) is 42.1 Å². The highest BCUT2D eigenvalue weighted by atomic mass is 19.1. The zero-order valence-electron chi connectivity index (χ0n) is 18.5. The molecule has 2 aromatic carbocycles. The molecule has 3 amide bonds. The van der Waals surface area contributed by atoms with Crippen LogP contribution >= 0.6 is 0 Å². The lowest BCUT2D eigenvalue weighted by atomic mass is 9.88. The van der Waals surface area contributed by atoms with E-state index in [1.165, 1.54) is 35.2 Å². The first kappa shape index (κ1) is 22.9. The van der Waals surface area contributed by atoms with Crippen LogP contribution in [0.25, 0.3) is 0 Å². The summed E-state index contributed by atoms with van der Waals surface area (Å²) in [6, 6.07) is 8.54. The fraction of sp³-hybridized carbons (Fsp3) is 0.400. The third-order valence-electron chi connectivity index (χ3n) is 6.36. The van der Waals surface area contributed by atoms with Crippen LogP contribution in [0.4, 0.5) is 25.8 Å². The van der Waals surface area contributed by atoms with Crippen molar-refractivity contribution in [1.82, 2.24) is 0 Å². The summed E-state index contributed by atoms with van der Waals surface area (Å²) < 4.78 is 28.6. The molecule has 2 fully saturated rings. The summed E-state index contributed by atoms with van der Waals surface area (Å²) in [7, 11) is 0. The molecule has 0 bridgehead atoms. The minimum atomic E-state index is -0.677. The quantitative estimate of drug-likeness (QED) is 0.681. The number of amides is 3. The van der Waals surface area contributed by atoms with E-state index >= 15 is 0 Å². The van der Waals surface area contributed by atoms with Gasteiger partial charge in [-0.25, -0.2) is 8.78 Å². The minimum Gasteiger partial charge on any atom is -0.326 e. The zero-order valence-corrected chi connectivity index (χ0v) is 18.5. The number of aryl methyl sites for hydroxylation is 1. The average Bonchev–Trinajstić information content (AvgIpc) is 3.18. The van der Waals surface area contributed by atoms with Crippen molar-refractivity contribution in [2.75, 3.05) is 22.1 Å². The molecule has 1 heterocycles. The van der Waals surface area contributed by atoms with E-state index in [0.29, 0.717) is 5.69 Å². The number of rotatable bonds is 5. The molecule has 6 nitrogen and oxygen atoms in total. The minimum absolute atomic E-state index is 0.00854. The fourth-order valence-electron chi connectivity index (χ4n) is 4.49. The van der Waals surface area contributed by atoms with E-state index in [4.69, 9.17) is 0 Å². The van der Waals surface area contributed by atoms with Gasteiger partial charge in [-0.15, -0.1) is 0 Å². The summed E-state index contributed by atoms with van der Waals surface area (Å²) >= 11 is 0. The van der Waals surface area contributed by atoms with Gasteiger partial charge in [-0.2, -0.15) is 0 Å². The molecule has 2 aromatic rings. The highest BCUT2D eigenvalue weighted by Gasteiger charge is 2.36. The Hall–Kier alpha value is -3.29. The third-order valence-corrected chi connectivity index (χ3v) is 6.36. The Bertz CT molecular complexity index is 1080. The van der Waals surface area contributed by atoms with Crippen molar-refractivity contribution < 1.29 is 23.2 Å². The number of nitrogens with zero attached hydrogens (tertiary/aromatic N) is 1. The average molecular weight is 456 g/mol. The second-order valence-corrected chi connectivity index (χ2v) is 8.87. The van der Waals surface area contributed by atoms with E-state index in [2.05, 4.69) is 10.6 Å². The van der Waals surface area contributed by atoms with Crippen LogP contribution in [-0.4, -0.2) is 24.3 Å². The Morgan fingerprint density at radius 1 is 0.909 bits per heavy atom. The van der Waals surface area contributed by atoms with Crippen LogP contribution in [0.1, 0.15) is 44.1 Å². The van der Waals surface area contributed by atoms with Gasteiger partial charge in [0.15, 0.2) is 0 Å². The highest BCUT2D eigenvalue weighted by Crippen LogP contribution is 2.30. The Balaban J connectivity index is 1.41. The number of nitrogens with one attached hydrogen (secondary N) is 2. The van der Waals surface area contributed by atoms with Gasteiger partial charge >= 0.3 is 0 Å². The molecular formula is C25H27F2N3O3. The monoisotopic (exact) mass is 455 g/mol. The molecule has 1 unspecified atom stereocenters. The van der Waals surface area contributed by atoms with E-state index in [0.717, 1.165) is 37.7 Å². The molecule has 1 saturated heterocycles. The maximum absolute atomic E-state index is 14.3. The maximum atomic E-state index is 14.3. The van der Waals surface area contributed by atoms with Crippen LogP contribution < -0.4 is 15.5 Å². The standard InChI is InChI=1S/C25H27F2N3O3/c1-15-7-10-22(20(27)11-15)30-14-17(12-23(30)31)25(33)28-18-8-9-19(26)21(13-18)29-24(32)16-5-3-2-4-6-16/h7-11,13,16-17H,2-6,12,14H2,1H3,(H,28,33)(H,29,32). The van der Waals surface area contributed by atoms with Crippen molar-refractivity contribution in [2.45, 2.75) is 45.4 Å². The van der Waals surface area contributed by atoms with Crippen LogP contribution in [-0.2, 0) is 14.4 Å². The van der Waals surface area contributed by atoms with Gasteiger partial charge in [0.05, 0.1) is 17.3 Å². The molecule has 1 atom stereocenters. The van der Waals surface area contributed by atoms with Gasteiger partial charge in [-0.05, 0) is 55.7 Å². The van der Waals surface area contributed by atoms with Crippen molar-refractivity contribution in [3.05, 3.63) is 53.6 Å². The largest absolute Gasteiger partial charge is 0.326 e. The molecule has 1 saturated carbocycles. The maximum Gasteiger partial charge on any atom is 0.229 e. The highest BCUT2D eigenvalue weighted by molar-refractivity contribution is 6.04. The Kier molecular flexibility index (Phi) is 6.72. The van der Waals surface area contributed by atoms with Crippen LogP contribution in [0, 0.1) is 30.4 Å². The summed E-state index contributed by atoms with van der Waals surface area (Å²) in [6.45, 7) is 1.81. The van der Waals surface area contributed by atoms with Crippen LogP contribution in [0.2, 0.25) is 0 Å². The summed E-state index contributed by atoms with van der Waals surface area (Å²) in [5.41, 5.74) is 1.21. The second kappa shape index (κ2) is 9.68. The lowest BCUT2D eigenvalue weighted by Gasteiger charge is -2.21.